The number of hydrogen-bond acceptors (Lipinski definition) is 3. The molecule has 0 fully saturated rings. The molecule has 0 saturated carbocycles. The Balaban J connectivity index is 0.937. The molecule has 0 radical (unpaired) electrons. The number of anilines is 2. The zero-order valence-corrected chi connectivity index (χ0v) is 34.6. The van der Waals surface area contributed by atoms with Gasteiger partial charge in [0.15, 0.2) is 5.82 Å². The summed E-state index contributed by atoms with van der Waals surface area (Å²) in [6.45, 7) is 5.27. The lowest BCUT2D eigenvalue weighted by Gasteiger charge is -2.27. The number of para-hydroxylation sites is 2. The summed E-state index contributed by atoms with van der Waals surface area (Å²) >= 11 is 0. The molecule has 10 aromatic rings. The quantitative estimate of drug-likeness (QED) is 0.161. The summed E-state index contributed by atoms with van der Waals surface area (Å²) in [5.74, 6) is 0.687. The normalized spacial score (nSPS) is 13.6. The maximum absolute atomic E-state index is 5.11. The lowest BCUT2D eigenvalue weighted by Crippen LogP contribution is -2.18. The zero-order chi connectivity index (χ0) is 42.1. The summed E-state index contributed by atoms with van der Waals surface area (Å²) in [6.07, 6.45) is 8.49. The number of aromatic nitrogens is 3. The molecule has 0 amide bonds. The standard InChI is InChI=1S/C59H42N4/c1-41-17-6-5-15-36-62(49-32-28-42(29-33-49)46-31-35-58-53(39-46)51-26-13-14-27-57(51)63(58)50-24-11-4-12-25-50)56-34-30-47(38-52(41)56)45-22-16-23-48(37-45)59-60-54(43-18-7-2-8-19-43)40-55(61-59)44-20-9-3-10-21-44/h2-35,37-40H,1,36H2/b15-5-,17-6-. The summed E-state index contributed by atoms with van der Waals surface area (Å²) in [5, 5.41) is 2.49. The molecule has 0 N–H and O–H groups in total. The number of rotatable bonds is 7. The van der Waals surface area contributed by atoms with Crippen LogP contribution in [-0.4, -0.2) is 21.1 Å². The third kappa shape index (κ3) is 7.24. The maximum Gasteiger partial charge on any atom is 0.160 e. The maximum atomic E-state index is 5.11. The van der Waals surface area contributed by atoms with Gasteiger partial charge in [0.05, 0.1) is 22.4 Å². The SMILES string of the molecule is C=C1/C=C\C=C/CN(c2ccc(-c3ccc4c(c3)c3ccccc3n4-c3ccccc3)cc2)c2ccc(-c3cccc(-c4nc(-c5ccccc5)cc(-c5ccccc5)n4)c3)cc21. The number of hydrogen-bond donors (Lipinski definition) is 0. The molecule has 0 aliphatic carbocycles. The lowest BCUT2D eigenvalue weighted by atomic mass is 9.95. The van der Waals surface area contributed by atoms with E-state index in [-0.39, 0.29) is 0 Å². The van der Waals surface area contributed by atoms with Crippen molar-refractivity contribution < 1.29 is 0 Å². The van der Waals surface area contributed by atoms with Gasteiger partial charge in [0.2, 0.25) is 0 Å². The number of benzene rings is 8. The molecule has 63 heavy (non-hydrogen) atoms. The summed E-state index contributed by atoms with van der Waals surface area (Å²) in [7, 11) is 0. The van der Waals surface area contributed by atoms with Crippen LogP contribution in [0.5, 0.6) is 0 Å². The van der Waals surface area contributed by atoms with Crippen LogP contribution in [-0.2, 0) is 0 Å². The molecule has 3 heterocycles. The van der Waals surface area contributed by atoms with Gasteiger partial charge < -0.3 is 9.47 Å². The zero-order valence-electron chi connectivity index (χ0n) is 34.6. The third-order valence-electron chi connectivity index (χ3n) is 12.0. The minimum Gasteiger partial charge on any atom is -0.337 e. The highest BCUT2D eigenvalue weighted by Gasteiger charge is 2.18. The highest BCUT2D eigenvalue weighted by atomic mass is 15.1. The monoisotopic (exact) mass is 806 g/mol. The third-order valence-corrected chi connectivity index (χ3v) is 12.0. The van der Waals surface area contributed by atoms with Crippen molar-refractivity contribution in [2.75, 3.05) is 11.4 Å². The molecular weight excluding hydrogens is 765 g/mol. The van der Waals surface area contributed by atoms with Crippen molar-refractivity contribution in [1.29, 1.82) is 0 Å². The van der Waals surface area contributed by atoms with Crippen LogP contribution in [0.2, 0.25) is 0 Å². The highest BCUT2D eigenvalue weighted by Crippen LogP contribution is 2.40. The first-order valence-electron chi connectivity index (χ1n) is 21.4. The van der Waals surface area contributed by atoms with Crippen molar-refractivity contribution >= 4 is 38.8 Å². The summed E-state index contributed by atoms with van der Waals surface area (Å²) in [5.41, 5.74) is 17.2. The molecule has 0 saturated heterocycles. The predicted octanol–water partition coefficient (Wildman–Crippen LogP) is 15.2. The van der Waals surface area contributed by atoms with E-state index in [4.69, 9.17) is 9.97 Å². The van der Waals surface area contributed by atoms with Crippen LogP contribution in [0, 0.1) is 0 Å². The van der Waals surface area contributed by atoms with Crippen LogP contribution in [0.1, 0.15) is 5.56 Å². The molecular formula is C59H42N4. The Bertz CT molecular complexity index is 3300. The smallest absolute Gasteiger partial charge is 0.160 e. The van der Waals surface area contributed by atoms with Crippen LogP contribution < -0.4 is 4.90 Å². The topological polar surface area (TPSA) is 34.0 Å². The van der Waals surface area contributed by atoms with E-state index in [1.165, 1.54) is 32.9 Å². The minimum absolute atomic E-state index is 0.687. The van der Waals surface area contributed by atoms with Crippen molar-refractivity contribution in [2.45, 2.75) is 0 Å². The van der Waals surface area contributed by atoms with Crippen LogP contribution >= 0.6 is 0 Å². The largest absolute Gasteiger partial charge is 0.337 e. The van der Waals surface area contributed by atoms with E-state index in [9.17, 15) is 0 Å². The Morgan fingerprint density at radius 3 is 1.75 bits per heavy atom. The number of fused-ring (bicyclic) bond motifs is 4. The molecule has 0 atom stereocenters. The van der Waals surface area contributed by atoms with Crippen molar-refractivity contribution in [1.82, 2.24) is 14.5 Å². The van der Waals surface area contributed by atoms with Gasteiger partial charge in [-0.25, -0.2) is 9.97 Å². The average Bonchev–Trinajstić information content (AvgIpc) is 3.72. The van der Waals surface area contributed by atoms with Gasteiger partial charge in [-0.1, -0.05) is 170 Å². The Labute approximate surface area is 367 Å². The van der Waals surface area contributed by atoms with E-state index < -0.39 is 0 Å². The predicted molar refractivity (Wildman–Crippen MR) is 264 cm³/mol. The van der Waals surface area contributed by atoms with E-state index in [1.54, 1.807) is 0 Å². The first-order chi connectivity index (χ1) is 31.1. The van der Waals surface area contributed by atoms with E-state index in [0.29, 0.717) is 12.4 Å². The molecule has 4 nitrogen and oxygen atoms in total. The second kappa shape index (κ2) is 16.3. The van der Waals surface area contributed by atoms with E-state index in [0.717, 1.165) is 67.4 Å². The fourth-order valence-corrected chi connectivity index (χ4v) is 8.83. The summed E-state index contributed by atoms with van der Waals surface area (Å²) in [6, 6.07) is 73.1. The molecule has 1 aliphatic rings. The van der Waals surface area contributed by atoms with Crippen LogP contribution in [0.4, 0.5) is 11.4 Å². The Kier molecular flexibility index (Phi) is 9.72. The fraction of sp³-hybridized carbons (Fsp3) is 0.0169. The van der Waals surface area contributed by atoms with Crippen molar-refractivity contribution in [3.8, 4) is 61.8 Å². The Morgan fingerprint density at radius 2 is 1.00 bits per heavy atom. The first-order valence-corrected chi connectivity index (χ1v) is 21.4. The molecule has 1 aliphatic heterocycles. The lowest BCUT2D eigenvalue weighted by molar-refractivity contribution is 1.09. The highest BCUT2D eigenvalue weighted by molar-refractivity contribution is 6.10. The van der Waals surface area contributed by atoms with Crippen LogP contribution in [0.25, 0.3) is 89.2 Å². The van der Waals surface area contributed by atoms with Crippen LogP contribution in [0.3, 0.4) is 0 Å². The van der Waals surface area contributed by atoms with Gasteiger partial charge in [-0.05, 0) is 94.6 Å². The van der Waals surface area contributed by atoms with Gasteiger partial charge in [0.1, 0.15) is 0 Å². The molecule has 2 aromatic heterocycles. The fourth-order valence-electron chi connectivity index (χ4n) is 8.83. The number of nitrogens with zero attached hydrogens (tertiary/aromatic N) is 4. The average molecular weight is 807 g/mol. The van der Waals surface area contributed by atoms with E-state index in [1.807, 2.05) is 36.4 Å². The van der Waals surface area contributed by atoms with Gasteiger partial charge >= 0.3 is 0 Å². The van der Waals surface area contributed by atoms with Crippen molar-refractivity contribution in [3.05, 3.63) is 243 Å². The second-order valence-corrected chi connectivity index (χ2v) is 15.9. The Hall–Kier alpha value is -8.34. The molecule has 8 aromatic carbocycles. The summed E-state index contributed by atoms with van der Waals surface area (Å²) < 4.78 is 2.36. The minimum atomic E-state index is 0.687. The van der Waals surface area contributed by atoms with Crippen LogP contribution in [0.15, 0.2) is 237 Å². The van der Waals surface area contributed by atoms with E-state index >= 15 is 0 Å². The molecule has 4 heteroatoms. The van der Waals surface area contributed by atoms with Gasteiger partial charge in [-0.15, -0.1) is 0 Å². The number of allylic oxidation sites excluding steroid dienone is 4. The summed E-state index contributed by atoms with van der Waals surface area (Å²) in [4.78, 5) is 12.6. The molecule has 0 spiro atoms. The second-order valence-electron chi connectivity index (χ2n) is 15.9. The van der Waals surface area contributed by atoms with E-state index in [2.05, 4.69) is 210 Å². The first kappa shape index (κ1) is 37.6. The van der Waals surface area contributed by atoms with Gasteiger partial charge in [-0.3, -0.25) is 0 Å². The van der Waals surface area contributed by atoms with Crippen molar-refractivity contribution in [3.63, 3.8) is 0 Å². The van der Waals surface area contributed by atoms with Gasteiger partial charge in [0, 0.05) is 56.6 Å². The Morgan fingerprint density at radius 1 is 0.413 bits per heavy atom. The van der Waals surface area contributed by atoms with Gasteiger partial charge in [-0.2, -0.15) is 0 Å². The van der Waals surface area contributed by atoms with Gasteiger partial charge in [0.25, 0.3) is 0 Å². The molecule has 0 unspecified atom stereocenters. The molecule has 298 valence electrons. The molecule has 11 rings (SSSR count). The molecule has 0 bridgehead atoms. The van der Waals surface area contributed by atoms with Crippen molar-refractivity contribution in [2.24, 2.45) is 0 Å².